The molecule has 0 saturated heterocycles. The lowest BCUT2D eigenvalue weighted by atomic mass is 9.92. The second kappa shape index (κ2) is 6.24. The van der Waals surface area contributed by atoms with Crippen LogP contribution in [0, 0.1) is 18.3 Å². The van der Waals surface area contributed by atoms with E-state index in [4.69, 9.17) is 46.4 Å². The summed E-state index contributed by atoms with van der Waals surface area (Å²) < 4.78 is 0. The summed E-state index contributed by atoms with van der Waals surface area (Å²) in [5.41, 5.74) is 2.34. The van der Waals surface area contributed by atoms with E-state index in [1.165, 1.54) is 6.07 Å². The maximum atomic E-state index is 9.48. The summed E-state index contributed by atoms with van der Waals surface area (Å²) in [6.07, 6.45) is 0. The van der Waals surface area contributed by atoms with E-state index in [2.05, 4.69) is 6.07 Å². The van der Waals surface area contributed by atoms with Gasteiger partial charge in [-0.25, -0.2) is 0 Å². The van der Waals surface area contributed by atoms with Crippen LogP contribution in [-0.4, -0.2) is 0 Å². The molecule has 1 atom stereocenters. The minimum absolute atomic E-state index is 0.258. The lowest BCUT2D eigenvalue weighted by Gasteiger charge is -2.16. The number of rotatable bonds is 2. The van der Waals surface area contributed by atoms with E-state index in [0.29, 0.717) is 5.56 Å². The van der Waals surface area contributed by atoms with E-state index < -0.39 is 5.92 Å². The summed E-state index contributed by atoms with van der Waals surface area (Å²) in [6.45, 7) is 1.97. The number of benzene rings is 2. The van der Waals surface area contributed by atoms with Gasteiger partial charge in [-0.15, -0.1) is 0 Å². The molecule has 0 fully saturated rings. The van der Waals surface area contributed by atoms with Gasteiger partial charge in [0.1, 0.15) is 0 Å². The topological polar surface area (TPSA) is 23.8 Å². The van der Waals surface area contributed by atoms with Gasteiger partial charge in [0.25, 0.3) is 0 Å². The molecule has 0 aliphatic heterocycles. The standard InChI is InChI=1S/C15H9Cl4N/c1-8-2-4-9(5-3-8)10(7-20)13-14(18)11(16)6-12(17)15(13)19/h2-6,10H,1H3. The first kappa shape index (κ1) is 15.5. The highest BCUT2D eigenvalue weighted by Crippen LogP contribution is 2.42. The molecule has 2 aromatic rings. The molecule has 0 aliphatic rings. The van der Waals surface area contributed by atoms with Gasteiger partial charge < -0.3 is 0 Å². The monoisotopic (exact) mass is 343 g/mol. The molecule has 0 saturated carbocycles. The second-order valence-electron chi connectivity index (χ2n) is 4.35. The molecular formula is C15H9Cl4N. The minimum Gasteiger partial charge on any atom is -0.197 e. The van der Waals surface area contributed by atoms with Crippen LogP contribution in [0.1, 0.15) is 22.6 Å². The molecule has 5 heteroatoms. The van der Waals surface area contributed by atoms with Gasteiger partial charge in [-0.3, -0.25) is 0 Å². The van der Waals surface area contributed by atoms with Crippen molar-refractivity contribution in [3.05, 3.63) is 67.1 Å². The van der Waals surface area contributed by atoms with Crippen molar-refractivity contribution in [1.82, 2.24) is 0 Å². The zero-order chi connectivity index (χ0) is 14.9. The normalized spacial score (nSPS) is 12.0. The first-order valence-corrected chi connectivity index (χ1v) is 7.26. The molecule has 2 rings (SSSR count). The van der Waals surface area contributed by atoms with E-state index in [1.807, 2.05) is 31.2 Å². The zero-order valence-corrected chi connectivity index (χ0v) is 13.4. The van der Waals surface area contributed by atoms with Crippen LogP contribution in [0.4, 0.5) is 0 Å². The molecule has 102 valence electrons. The summed E-state index contributed by atoms with van der Waals surface area (Å²) in [7, 11) is 0. The molecule has 1 unspecified atom stereocenters. The molecule has 0 N–H and O–H groups in total. The van der Waals surface area contributed by atoms with Crippen LogP contribution in [0.15, 0.2) is 30.3 Å². The Kier molecular flexibility index (Phi) is 4.83. The van der Waals surface area contributed by atoms with Gasteiger partial charge in [-0.2, -0.15) is 5.26 Å². The van der Waals surface area contributed by atoms with Crippen molar-refractivity contribution < 1.29 is 0 Å². The Morgan fingerprint density at radius 3 is 1.90 bits per heavy atom. The Bertz CT molecular complexity index is 660. The van der Waals surface area contributed by atoms with Crippen molar-refractivity contribution >= 4 is 46.4 Å². The van der Waals surface area contributed by atoms with Gasteiger partial charge in [-0.05, 0) is 18.6 Å². The fourth-order valence-electron chi connectivity index (χ4n) is 1.91. The fourth-order valence-corrected chi connectivity index (χ4v) is 2.95. The first-order valence-electron chi connectivity index (χ1n) is 5.74. The molecule has 0 amide bonds. The van der Waals surface area contributed by atoms with Gasteiger partial charge >= 0.3 is 0 Å². The fraction of sp³-hybridized carbons (Fsp3) is 0.133. The SMILES string of the molecule is Cc1ccc(C(C#N)c2c(Cl)c(Cl)cc(Cl)c2Cl)cc1. The van der Waals surface area contributed by atoms with Crippen molar-refractivity contribution in [2.75, 3.05) is 0 Å². The van der Waals surface area contributed by atoms with Gasteiger partial charge in [0.15, 0.2) is 0 Å². The Hall–Kier alpha value is -0.910. The summed E-state index contributed by atoms with van der Waals surface area (Å²) >= 11 is 24.4. The highest BCUT2D eigenvalue weighted by atomic mass is 35.5. The molecule has 2 aromatic carbocycles. The molecule has 0 bridgehead atoms. The number of hydrogen-bond acceptors (Lipinski definition) is 1. The van der Waals surface area contributed by atoms with Crippen molar-refractivity contribution in [2.24, 2.45) is 0 Å². The Morgan fingerprint density at radius 1 is 0.950 bits per heavy atom. The summed E-state index contributed by atoms with van der Waals surface area (Å²) in [4.78, 5) is 0. The average molecular weight is 345 g/mol. The predicted octanol–water partition coefficient (Wildman–Crippen LogP) is 6.26. The quantitative estimate of drug-likeness (QED) is 0.589. The molecule has 1 nitrogen and oxygen atoms in total. The van der Waals surface area contributed by atoms with Crippen LogP contribution in [0.3, 0.4) is 0 Å². The van der Waals surface area contributed by atoms with Crippen LogP contribution < -0.4 is 0 Å². The molecule has 0 spiro atoms. The number of nitriles is 1. The molecule has 0 radical (unpaired) electrons. The Morgan fingerprint density at radius 2 is 1.45 bits per heavy atom. The van der Waals surface area contributed by atoms with Crippen molar-refractivity contribution in [3.8, 4) is 6.07 Å². The summed E-state index contributed by atoms with van der Waals surface area (Å²) in [5.74, 6) is -0.619. The van der Waals surface area contributed by atoms with E-state index in [1.54, 1.807) is 0 Å². The maximum absolute atomic E-state index is 9.48. The lowest BCUT2D eigenvalue weighted by Crippen LogP contribution is -2.01. The summed E-state index contributed by atoms with van der Waals surface area (Å²) in [5, 5.41) is 10.6. The Balaban J connectivity index is 2.64. The van der Waals surface area contributed by atoms with Crippen LogP contribution in [-0.2, 0) is 0 Å². The van der Waals surface area contributed by atoms with Crippen molar-refractivity contribution in [3.63, 3.8) is 0 Å². The highest BCUT2D eigenvalue weighted by Gasteiger charge is 2.23. The third-order valence-electron chi connectivity index (χ3n) is 2.97. The van der Waals surface area contributed by atoms with Gasteiger partial charge in [0, 0.05) is 5.56 Å². The average Bonchev–Trinajstić information content (AvgIpc) is 2.43. The van der Waals surface area contributed by atoms with E-state index >= 15 is 0 Å². The van der Waals surface area contributed by atoms with Crippen LogP contribution in [0.5, 0.6) is 0 Å². The molecular weight excluding hydrogens is 336 g/mol. The third-order valence-corrected chi connectivity index (χ3v) is 4.58. The number of hydrogen-bond donors (Lipinski definition) is 0. The molecule has 0 aliphatic carbocycles. The van der Waals surface area contributed by atoms with Crippen LogP contribution in [0.25, 0.3) is 0 Å². The number of halogens is 4. The van der Waals surface area contributed by atoms with Crippen LogP contribution in [0.2, 0.25) is 20.1 Å². The predicted molar refractivity (Wildman–Crippen MR) is 85.1 cm³/mol. The first-order chi connectivity index (χ1) is 9.45. The van der Waals surface area contributed by atoms with Gasteiger partial charge in [0.05, 0.1) is 32.1 Å². The maximum Gasteiger partial charge on any atom is 0.0992 e. The molecule has 0 aromatic heterocycles. The van der Waals surface area contributed by atoms with Crippen molar-refractivity contribution in [1.29, 1.82) is 5.26 Å². The lowest BCUT2D eigenvalue weighted by molar-refractivity contribution is 1.04. The van der Waals surface area contributed by atoms with E-state index in [9.17, 15) is 5.26 Å². The third kappa shape index (κ3) is 2.90. The summed E-state index contributed by atoms with van der Waals surface area (Å²) in [6, 6.07) is 11.3. The second-order valence-corrected chi connectivity index (χ2v) is 5.92. The Labute approximate surface area is 137 Å². The van der Waals surface area contributed by atoms with Gasteiger partial charge in [0.2, 0.25) is 0 Å². The van der Waals surface area contributed by atoms with E-state index in [0.717, 1.165) is 11.1 Å². The van der Waals surface area contributed by atoms with Gasteiger partial charge in [-0.1, -0.05) is 76.2 Å². The number of aryl methyl sites for hydroxylation is 1. The largest absolute Gasteiger partial charge is 0.197 e. The zero-order valence-electron chi connectivity index (χ0n) is 10.4. The highest BCUT2D eigenvalue weighted by molar-refractivity contribution is 6.48. The van der Waals surface area contributed by atoms with Crippen LogP contribution >= 0.6 is 46.4 Å². The molecule has 0 heterocycles. The molecule has 20 heavy (non-hydrogen) atoms. The number of nitrogens with zero attached hydrogens (tertiary/aromatic N) is 1. The van der Waals surface area contributed by atoms with E-state index in [-0.39, 0.29) is 20.1 Å². The van der Waals surface area contributed by atoms with Crippen molar-refractivity contribution in [2.45, 2.75) is 12.8 Å². The smallest absolute Gasteiger partial charge is 0.0992 e. The minimum atomic E-state index is -0.619.